The van der Waals surface area contributed by atoms with Gasteiger partial charge in [0, 0.05) is 50.2 Å². The minimum atomic E-state index is -0.259. The van der Waals surface area contributed by atoms with Gasteiger partial charge in [0.1, 0.15) is 6.04 Å². The van der Waals surface area contributed by atoms with E-state index >= 15 is 0 Å². The van der Waals surface area contributed by atoms with Gasteiger partial charge < -0.3 is 20.9 Å². The average molecular weight is 391 g/mol. The van der Waals surface area contributed by atoms with Crippen LogP contribution in [0.4, 0.5) is 0 Å². The summed E-state index contributed by atoms with van der Waals surface area (Å²) >= 11 is 0. The summed E-state index contributed by atoms with van der Waals surface area (Å²) in [6, 6.07) is 0.593. The Bertz CT molecular complexity index is 616. The van der Waals surface area contributed by atoms with E-state index in [1.165, 1.54) is 25.7 Å². The molecule has 7 atom stereocenters. The summed E-state index contributed by atoms with van der Waals surface area (Å²) in [4.78, 5) is 30.1. The van der Waals surface area contributed by atoms with Gasteiger partial charge in [-0.3, -0.25) is 15.0 Å². The number of hydrogen-bond acceptors (Lipinski definition) is 6. The fourth-order valence-electron chi connectivity index (χ4n) is 6.16. The van der Waals surface area contributed by atoms with E-state index in [1.807, 2.05) is 9.80 Å². The molecule has 0 aromatic rings. The molecule has 0 bridgehead atoms. The molecule has 5 N–H and O–H groups in total. The van der Waals surface area contributed by atoms with Crippen LogP contribution in [0.5, 0.6) is 0 Å². The number of nitrogens with one attached hydrogen (secondary N) is 3. The number of piperidine rings is 1. The minimum absolute atomic E-state index is 0.0299. The lowest BCUT2D eigenvalue weighted by atomic mass is 9.84. The van der Waals surface area contributed by atoms with Crippen molar-refractivity contribution in [2.75, 3.05) is 26.2 Å². The Morgan fingerprint density at radius 3 is 2.43 bits per heavy atom. The number of amides is 2. The fraction of sp³-hybridized carbons (Fsp3) is 0.900. The molecule has 5 aliphatic rings. The van der Waals surface area contributed by atoms with E-state index in [-0.39, 0.29) is 41.9 Å². The van der Waals surface area contributed by atoms with Gasteiger partial charge in [-0.1, -0.05) is 12.8 Å². The quantitative estimate of drug-likeness (QED) is 0.490. The second-order valence-electron chi connectivity index (χ2n) is 9.55. The lowest BCUT2D eigenvalue weighted by Gasteiger charge is -2.37. The van der Waals surface area contributed by atoms with E-state index in [2.05, 4.69) is 16.2 Å². The summed E-state index contributed by atoms with van der Waals surface area (Å²) in [5.74, 6) is 1.18. The lowest BCUT2D eigenvalue weighted by Crippen LogP contribution is -2.55. The molecule has 5 rings (SSSR count). The fourth-order valence-corrected chi connectivity index (χ4v) is 6.16. The molecule has 28 heavy (non-hydrogen) atoms. The van der Waals surface area contributed by atoms with Crippen molar-refractivity contribution in [1.29, 1.82) is 0 Å². The zero-order chi connectivity index (χ0) is 19.3. The highest BCUT2D eigenvalue weighted by Gasteiger charge is 2.47. The molecule has 6 unspecified atom stereocenters. The van der Waals surface area contributed by atoms with Crippen molar-refractivity contribution in [2.45, 2.75) is 75.2 Å². The number of carbonyl (C=O) groups excluding carboxylic acids is 2. The molecule has 4 saturated heterocycles. The smallest absolute Gasteiger partial charge is 0.241 e. The lowest BCUT2D eigenvalue weighted by molar-refractivity contribution is -0.138. The predicted octanol–water partition coefficient (Wildman–Crippen LogP) is -0.840. The number of hydrogen-bond donors (Lipinski definition) is 4. The third kappa shape index (κ3) is 3.34. The van der Waals surface area contributed by atoms with E-state index in [1.54, 1.807) is 0 Å². The molecule has 4 heterocycles. The van der Waals surface area contributed by atoms with Crippen LogP contribution in [0.3, 0.4) is 0 Å². The number of rotatable bonds is 2. The summed E-state index contributed by atoms with van der Waals surface area (Å²) in [5.41, 5.74) is 12.5. The summed E-state index contributed by atoms with van der Waals surface area (Å²) in [6.07, 6.45) is 7.81. The van der Waals surface area contributed by atoms with Crippen LogP contribution in [-0.2, 0) is 9.59 Å². The van der Waals surface area contributed by atoms with Crippen molar-refractivity contribution >= 4 is 11.8 Å². The number of likely N-dealkylation sites (tertiary alicyclic amines) is 2. The van der Waals surface area contributed by atoms with Crippen molar-refractivity contribution in [1.82, 2.24) is 26.0 Å². The Kier molecular flexibility index (Phi) is 5.07. The summed E-state index contributed by atoms with van der Waals surface area (Å²) in [5, 5.41) is 3.62. The van der Waals surface area contributed by atoms with E-state index in [4.69, 9.17) is 5.73 Å². The first-order valence-electron chi connectivity index (χ1n) is 11.2. The molecule has 1 saturated carbocycles. The van der Waals surface area contributed by atoms with Crippen LogP contribution in [-0.4, -0.2) is 78.0 Å². The summed E-state index contributed by atoms with van der Waals surface area (Å²) < 4.78 is 0. The largest absolute Gasteiger partial charge is 0.341 e. The minimum Gasteiger partial charge on any atom is -0.341 e. The van der Waals surface area contributed by atoms with Crippen molar-refractivity contribution in [3.8, 4) is 0 Å². The van der Waals surface area contributed by atoms with Gasteiger partial charge >= 0.3 is 0 Å². The monoisotopic (exact) mass is 390 g/mol. The zero-order valence-electron chi connectivity index (χ0n) is 16.6. The Morgan fingerprint density at radius 1 is 0.857 bits per heavy atom. The highest BCUT2D eigenvalue weighted by atomic mass is 16.2. The van der Waals surface area contributed by atoms with Crippen molar-refractivity contribution < 1.29 is 9.59 Å². The summed E-state index contributed by atoms with van der Waals surface area (Å²) in [6.45, 7) is 2.82. The maximum atomic E-state index is 13.2. The second kappa shape index (κ2) is 7.55. The van der Waals surface area contributed by atoms with Crippen LogP contribution >= 0.6 is 0 Å². The summed E-state index contributed by atoms with van der Waals surface area (Å²) in [7, 11) is 0. The van der Waals surface area contributed by atoms with Crippen LogP contribution in [0.2, 0.25) is 0 Å². The Labute approximate surface area is 166 Å². The van der Waals surface area contributed by atoms with Gasteiger partial charge in [0.25, 0.3) is 0 Å². The van der Waals surface area contributed by atoms with Gasteiger partial charge in [-0.2, -0.15) is 0 Å². The van der Waals surface area contributed by atoms with E-state index in [0.717, 1.165) is 32.4 Å². The molecular weight excluding hydrogens is 356 g/mol. The topological polar surface area (TPSA) is 103 Å². The Morgan fingerprint density at radius 2 is 1.64 bits per heavy atom. The van der Waals surface area contributed by atoms with Crippen LogP contribution in [0.1, 0.15) is 44.9 Å². The van der Waals surface area contributed by atoms with Crippen LogP contribution < -0.4 is 21.9 Å². The van der Waals surface area contributed by atoms with Crippen LogP contribution in [0.15, 0.2) is 0 Å². The normalized spacial score (nSPS) is 43.1. The molecule has 8 nitrogen and oxygen atoms in total. The Balaban J connectivity index is 1.22. The molecule has 4 aliphatic heterocycles. The van der Waals surface area contributed by atoms with Gasteiger partial charge in [-0.05, 0) is 38.0 Å². The SMILES string of the molecule is N[C@@H]1CCN(C(=O)C2NNC3CCN(C(=O)C4CC5CCCCC5N4)CC32)C1. The molecule has 0 aromatic carbocycles. The van der Waals surface area contributed by atoms with Crippen molar-refractivity contribution in [3.05, 3.63) is 0 Å². The number of nitrogens with zero attached hydrogens (tertiary/aromatic N) is 2. The number of nitrogens with two attached hydrogens (primary N) is 1. The van der Waals surface area contributed by atoms with E-state index in [0.29, 0.717) is 25.0 Å². The molecule has 0 radical (unpaired) electrons. The molecule has 8 heteroatoms. The van der Waals surface area contributed by atoms with Gasteiger partial charge in [0.05, 0.1) is 6.04 Å². The average Bonchev–Trinajstić information content (AvgIpc) is 3.43. The number of carbonyl (C=O) groups is 2. The molecular formula is C20H34N6O2. The molecule has 2 amide bonds. The Hall–Kier alpha value is -1.22. The maximum absolute atomic E-state index is 13.2. The predicted molar refractivity (Wildman–Crippen MR) is 105 cm³/mol. The number of fused-ring (bicyclic) bond motifs is 2. The van der Waals surface area contributed by atoms with Gasteiger partial charge in [-0.15, -0.1) is 0 Å². The van der Waals surface area contributed by atoms with Crippen LogP contribution in [0, 0.1) is 11.8 Å². The first-order chi connectivity index (χ1) is 13.6. The van der Waals surface area contributed by atoms with Gasteiger partial charge in [0.2, 0.25) is 11.8 Å². The molecule has 1 aliphatic carbocycles. The molecule has 0 aromatic heterocycles. The third-order valence-electron chi connectivity index (χ3n) is 7.79. The van der Waals surface area contributed by atoms with Crippen molar-refractivity contribution in [2.24, 2.45) is 17.6 Å². The van der Waals surface area contributed by atoms with E-state index < -0.39 is 0 Å². The standard InChI is InChI=1S/C20H34N6O2/c21-13-5-7-25(10-13)20(28)18-14-11-26(8-6-16(14)23-24-18)19(27)17-9-12-3-1-2-4-15(12)22-17/h12-18,22-24H,1-11,21H2/t12?,13-,14?,15?,16?,17?,18?/m1/s1. The van der Waals surface area contributed by atoms with Crippen LogP contribution in [0.25, 0.3) is 0 Å². The first-order valence-corrected chi connectivity index (χ1v) is 11.2. The van der Waals surface area contributed by atoms with E-state index in [9.17, 15) is 9.59 Å². The third-order valence-corrected chi connectivity index (χ3v) is 7.79. The first kappa shape index (κ1) is 18.8. The molecule has 156 valence electrons. The maximum Gasteiger partial charge on any atom is 0.241 e. The highest BCUT2D eigenvalue weighted by Crippen LogP contribution is 2.34. The highest BCUT2D eigenvalue weighted by molar-refractivity contribution is 5.84. The molecule has 5 fully saturated rings. The number of hydrazine groups is 1. The van der Waals surface area contributed by atoms with Crippen molar-refractivity contribution in [3.63, 3.8) is 0 Å². The molecule has 0 spiro atoms. The van der Waals surface area contributed by atoms with Gasteiger partial charge in [0.15, 0.2) is 0 Å². The zero-order valence-corrected chi connectivity index (χ0v) is 16.6. The van der Waals surface area contributed by atoms with Gasteiger partial charge in [-0.25, -0.2) is 5.43 Å². The second-order valence-corrected chi connectivity index (χ2v) is 9.55.